The number of hydrogen-bond donors (Lipinski definition) is 1. The molecule has 1 atom stereocenters. The van der Waals surface area contributed by atoms with Crippen molar-refractivity contribution in [3.05, 3.63) is 42.5 Å². The Morgan fingerprint density at radius 3 is 3.00 bits per heavy atom. The molecule has 0 fully saturated rings. The maximum absolute atomic E-state index is 4.10. The van der Waals surface area contributed by atoms with Gasteiger partial charge in [-0.15, -0.1) is 5.10 Å². The Morgan fingerprint density at radius 1 is 1.22 bits per heavy atom. The van der Waals surface area contributed by atoms with Gasteiger partial charge in [0.15, 0.2) is 11.5 Å². The number of hydrogen-bond acceptors (Lipinski definition) is 6. The molecule has 0 bridgehead atoms. The van der Waals surface area contributed by atoms with Gasteiger partial charge >= 0.3 is 0 Å². The summed E-state index contributed by atoms with van der Waals surface area (Å²) in [7, 11) is 0. The molecule has 0 aliphatic rings. The summed E-state index contributed by atoms with van der Waals surface area (Å²) >= 11 is 0. The van der Waals surface area contributed by atoms with Gasteiger partial charge in [0.2, 0.25) is 0 Å². The third kappa shape index (κ3) is 1.86. The van der Waals surface area contributed by atoms with Crippen molar-refractivity contribution in [1.82, 2.24) is 30.0 Å². The van der Waals surface area contributed by atoms with Gasteiger partial charge in [0, 0.05) is 12.4 Å². The van der Waals surface area contributed by atoms with E-state index in [1.165, 1.54) is 0 Å². The standard InChI is InChI=1S/C11H11N7/c1-8(9-3-2-4-12-5-9)14-10-6-13-7-11-15-16-17-18(10)11/h2-8,14H,1H3. The van der Waals surface area contributed by atoms with Gasteiger partial charge in [0.25, 0.3) is 0 Å². The number of fused-ring (bicyclic) bond motifs is 1. The third-order valence-corrected chi connectivity index (χ3v) is 2.66. The zero-order valence-electron chi connectivity index (χ0n) is 9.72. The molecule has 7 nitrogen and oxygen atoms in total. The number of pyridine rings is 1. The zero-order valence-corrected chi connectivity index (χ0v) is 9.72. The minimum absolute atomic E-state index is 0.0929. The first-order chi connectivity index (χ1) is 8.84. The molecule has 0 radical (unpaired) electrons. The summed E-state index contributed by atoms with van der Waals surface area (Å²) in [5.41, 5.74) is 1.70. The lowest BCUT2D eigenvalue weighted by molar-refractivity contribution is 0.794. The molecule has 0 saturated carbocycles. The highest BCUT2D eigenvalue weighted by atomic mass is 15.5. The topological polar surface area (TPSA) is 80.9 Å². The molecule has 3 rings (SSSR count). The second kappa shape index (κ2) is 4.36. The molecule has 7 heteroatoms. The summed E-state index contributed by atoms with van der Waals surface area (Å²) in [4.78, 5) is 8.19. The van der Waals surface area contributed by atoms with Crippen molar-refractivity contribution >= 4 is 11.5 Å². The van der Waals surface area contributed by atoms with Crippen LogP contribution in [0.5, 0.6) is 0 Å². The minimum Gasteiger partial charge on any atom is -0.362 e. The Hall–Kier alpha value is -2.57. The van der Waals surface area contributed by atoms with Crippen molar-refractivity contribution < 1.29 is 0 Å². The number of nitrogens with one attached hydrogen (secondary N) is 1. The lowest BCUT2D eigenvalue weighted by Crippen LogP contribution is -2.10. The van der Waals surface area contributed by atoms with Gasteiger partial charge in [0.05, 0.1) is 18.4 Å². The summed E-state index contributed by atoms with van der Waals surface area (Å²) in [6.07, 6.45) is 6.88. The molecule has 3 aromatic rings. The molecule has 0 aromatic carbocycles. The molecule has 0 amide bonds. The van der Waals surface area contributed by atoms with Crippen LogP contribution in [0.2, 0.25) is 0 Å². The quantitative estimate of drug-likeness (QED) is 0.739. The van der Waals surface area contributed by atoms with E-state index in [9.17, 15) is 0 Å². The van der Waals surface area contributed by atoms with Crippen LogP contribution in [0.3, 0.4) is 0 Å². The number of nitrogens with zero attached hydrogens (tertiary/aromatic N) is 6. The lowest BCUT2D eigenvalue weighted by atomic mass is 10.1. The summed E-state index contributed by atoms with van der Waals surface area (Å²) < 4.78 is 1.61. The Labute approximate surface area is 103 Å². The first-order valence-electron chi connectivity index (χ1n) is 5.53. The van der Waals surface area contributed by atoms with Crippen molar-refractivity contribution in [3.63, 3.8) is 0 Å². The number of tetrazole rings is 1. The summed E-state index contributed by atoms with van der Waals surface area (Å²) in [6.45, 7) is 2.04. The molecular formula is C11H11N7. The van der Waals surface area contributed by atoms with Crippen molar-refractivity contribution in [3.8, 4) is 0 Å². The monoisotopic (exact) mass is 241 g/mol. The second-order valence-corrected chi connectivity index (χ2v) is 3.89. The van der Waals surface area contributed by atoms with Crippen LogP contribution in [0.4, 0.5) is 5.82 Å². The van der Waals surface area contributed by atoms with Crippen LogP contribution in [0, 0.1) is 0 Å². The van der Waals surface area contributed by atoms with Crippen LogP contribution in [-0.2, 0) is 0 Å². The van der Waals surface area contributed by atoms with Gasteiger partial charge in [-0.2, -0.15) is 4.52 Å². The van der Waals surface area contributed by atoms with Crippen LogP contribution in [-0.4, -0.2) is 30.0 Å². The van der Waals surface area contributed by atoms with Crippen LogP contribution >= 0.6 is 0 Å². The Balaban J connectivity index is 1.91. The number of anilines is 1. The van der Waals surface area contributed by atoms with Gasteiger partial charge in [-0.25, -0.2) is 0 Å². The molecule has 0 spiro atoms. The van der Waals surface area contributed by atoms with Gasteiger partial charge < -0.3 is 5.32 Å². The Kier molecular flexibility index (Phi) is 2.56. The molecule has 1 unspecified atom stereocenters. The molecule has 3 aromatic heterocycles. The molecule has 90 valence electrons. The third-order valence-electron chi connectivity index (χ3n) is 2.66. The molecule has 0 saturated heterocycles. The number of aromatic nitrogens is 6. The van der Waals surface area contributed by atoms with E-state index in [1.54, 1.807) is 23.1 Å². The normalized spacial score (nSPS) is 12.5. The fourth-order valence-electron chi connectivity index (χ4n) is 1.71. The van der Waals surface area contributed by atoms with Crippen LogP contribution in [0.25, 0.3) is 5.65 Å². The van der Waals surface area contributed by atoms with E-state index in [-0.39, 0.29) is 6.04 Å². The van der Waals surface area contributed by atoms with E-state index in [1.807, 2.05) is 25.3 Å². The van der Waals surface area contributed by atoms with Crippen molar-refractivity contribution in [2.45, 2.75) is 13.0 Å². The van der Waals surface area contributed by atoms with Gasteiger partial charge in [0.1, 0.15) is 0 Å². The average molecular weight is 241 g/mol. The lowest BCUT2D eigenvalue weighted by Gasteiger charge is -2.14. The zero-order chi connectivity index (χ0) is 12.4. The van der Waals surface area contributed by atoms with E-state index in [0.29, 0.717) is 5.65 Å². The highest BCUT2D eigenvalue weighted by Crippen LogP contribution is 2.17. The molecule has 1 N–H and O–H groups in total. The minimum atomic E-state index is 0.0929. The maximum Gasteiger partial charge on any atom is 0.199 e. The van der Waals surface area contributed by atoms with Crippen molar-refractivity contribution in [1.29, 1.82) is 0 Å². The number of rotatable bonds is 3. The van der Waals surface area contributed by atoms with Gasteiger partial charge in [-0.3, -0.25) is 9.97 Å². The van der Waals surface area contributed by atoms with Crippen LogP contribution in [0.1, 0.15) is 18.5 Å². The maximum atomic E-state index is 4.10. The van der Waals surface area contributed by atoms with E-state index < -0.39 is 0 Å². The first kappa shape index (κ1) is 10.6. The second-order valence-electron chi connectivity index (χ2n) is 3.89. The largest absolute Gasteiger partial charge is 0.362 e. The van der Waals surface area contributed by atoms with Crippen LogP contribution in [0.15, 0.2) is 36.9 Å². The molecule has 0 aliphatic heterocycles. The van der Waals surface area contributed by atoms with Crippen LogP contribution < -0.4 is 5.32 Å². The van der Waals surface area contributed by atoms with Gasteiger partial charge in [-0.05, 0) is 29.0 Å². The fourth-order valence-corrected chi connectivity index (χ4v) is 1.71. The highest BCUT2D eigenvalue weighted by Gasteiger charge is 2.09. The summed E-state index contributed by atoms with van der Waals surface area (Å²) in [6, 6.07) is 4.01. The Morgan fingerprint density at radius 2 is 2.17 bits per heavy atom. The molecule has 18 heavy (non-hydrogen) atoms. The highest BCUT2D eigenvalue weighted by molar-refractivity contribution is 5.45. The van der Waals surface area contributed by atoms with Crippen molar-refractivity contribution in [2.75, 3.05) is 5.32 Å². The van der Waals surface area contributed by atoms with E-state index in [2.05, 4.69) is 30.8 Å². The fraction of sp³-hybridized carbons (Fsp3) is 0.182. The summed E-state index contributed by atoms with van der Waals surface area (Å²) in [5, 5.41) is 14.7. The van der Waals surface area contributed by atoms with E-state index in [4.69, 9.17) is 0 Å². The Bertz CT molecular complexity index is 649. The average Bonchev–Trinajstić information content (AvgIpc) is 2.89. The molecule has 3 heterocycles. The molecular weight excluding hydrogens is 230 g/mol. The van der Waals surface area contributed by atoms with Crippen molar-refractivity contribution in [2.24, 2.45) is 0 Å². The predicted octanol–water partition coefficient (Wildman–Crippen LogP) is 1.09. The molecule has 0 aliphatic carbocycles. The smallest absolute Gasteiger partial charge is 0.199 e. The SMILES string of the molecule is CC(Nc1cncc2nnnn12)c1cccnc1. The first-order valence-corrected chi connectivity index (χ1v) is 5.53. The summed E-state index contributed by atoms with van der Waals surface area (Å²) in [5.74, 6) is 0.744. The predicted molar refractivity (Wildman–Crippen MR) is 64.9 cm³/mol. The van der Waals surface area contributed by atoms with Gasteiger partial charge in [-0.1, -0.05) is 6.07 Å². The van der Waals surface area contributed by atoms with E-state index >= 15 is 0 Å². The van der Waals surface area contributed by atoms with E-state index in [0.717, 1.165) is 11.4 Å².